The molecule has 1 aromatic carbocycles. The molecular weight excluding hydrogens is 241 g/mol. The van der Waals surface area contributed by atoms with Gasteiger partial charge in [0.1, 0.15) is 12.1 Å². The fourth-order valence-corrected chi connectivity index (χ4v) is 1.46. The summed E-state index contributed by atoms with van der Waals surface area (Å²) in [6.45, 7) is 0. The van der Waals surface area contributed by atoms with E-state index in [2.05, 4.69) is 9.36 Å². The standard InChI is InChI=1S/C9H5F3N2OS/c10-9(11,12)6-2-1-3-7(4-6)15-8-13-5-14-16-8/h1-5H. The fourth-order valence-electron chi connectivity index (χ4n) is 1.04. The van der Waals surface area contributed by atoms with Crippen molar-refractivity contribution in [1.29, 1.82) is 0 Å². The van der Waals surface area contributed by atoms with Gasteiger partial charge < -0.3 is 4.74 Å². The average Bonchev–Trinajstić information content (AvgIpc) is 2.70. The van der Waals surface area contributed by atoms with Gasteiger partial charge >= 0.3 is 6.18 Å². The molecule has 0 N–H and O–H groups in total. The van der Waals surface area contributed by atoms with Crippen LogP contribution in [0.25, 0.3) is 0 Å². The Kier molecular flexibility index (Phi) is 2.78. The Morgan fingerprint density at radius 1 is 1.25 bits per heavy atom. The molecule has 84 valence electrons. The minimum atomic E-state index is -4.37. The molecule has 16 heavy (non-hydrogen) atoms. The van der Waals surface area contributed by atoms with Crippen molar-refractivity contribution in [2.75, 3.05) is 0 Å². The molecule has 0 fully saturated rings. The quantitative estimate of drug-likeness (QED) is 0.815. The molecule has 1 aromatic heterocycles. The van der Waals surface area contributed by atoms with Crippen LogP contribution in [0.5, 0.6) is 10.9 Å². The molecule has 0 aliphatic carbocycles. The monoisotopic (exact) mass is 246 g/mol. The topological polar surface area (TPSA) is 35.0 Å². The summed E-state index contributed by atoms with van der Waals surface area (Å²) in [6, 6.07) is 4.60. The van der Waals surface area contributed by atoms with Gasteiger partial charge in [0.2, 0.25) is 0 Å². The first-order chi connectivity index (χ1) is 7.55. The van der Waals surface area contributed by atoms with Gasteiger partial charge in [-0.2, -0.15) is 22.5 Å². The molecule has 0 unspecified atom stereocenters. The molecule has 2 rings (SSSR count). The van der Waals surface area contributed by atoms with Crippen LogP contribution in [-0.4, -0.2) is 9.36 Å². The maximum Gasteiger partial charge on any atom is 0.416 e. The summed E-state index contributed by atoms with van der Waals surface area (Å²) in [5.41, 5.74) is -0.755. The predicted molar refractivity (Wildman–Crippen MR) is 51.4 cm³/mol. The first-order valence-electron chi connectivity index (χ1n) is 4.17. The van der Waals surface area contributed by atoms with E-state index in [1.165, 1.54) is 18.5 Å². The number of hydrogen-bond acceptors (Lipinski definition) is 4. The highest BCUT2D eigenvalue weighted by Gasteiger charge is 2.30. The summed E-state index contributed by atoms with van der Waals surface area (Å²) in [7, 11) is 0. The molecular formula is C9H5F3N2OS. The summed E-state index contributed by atoms with van der Waals surface area (Å²) in [5, 5.41) is 0.208. The molecule has 0 atom stereocenters. The van der Waals surface area contributed by atoms with Crippen molar-refractivity contribution in [3.8, 4) is 10.9 Å². The first kappa shape index (κ1) is 10.9. The molecule has 1 heterocycles. The van der Waals surface area contributed by atoms with E-state index in [4.69, 9.17) is 4.74 Å². The second-order valence-electron chi connectivity index (χ2n) is 2.83. The van der Waals surface area contributed by atoms with E-state index in [0.717, 1.165) is 23.7 Å². The zero-order valence-corrected chi connectivity index (χ0v) is 8.55. The van der Waals surface area contributed by atoms with Crippen LogP contribution in [0.1, 0.15) is 5.56 Å². The van der Waals surface area contributed by atoms with Gasteiger partial charge in [0, 0.05) is 11.5 Å². The van der Waals surface area contributed by atoms with Crippen molar-refractivity contribution in [2.45, 2.75) is 6.18 Å². The molecule has 0 aliphatic heterocycles. The molecule has 2 aromatic rings. The van der Waals surface area contributed by atoms with Crippen molar-refractivity contribution in [1.82, 2.24) is 9.36 Å². The summed E-state index contributed by atoms with van der Waals surface area (Å²) >= 11 is 0.967. The molecule has 0 spiro atoms. The Morgan fingerprint density at radius 3 is 2.69 bits per heavy atom. The molecule has 3 nitrogen and oxygen atoms in total. The van der Waals surface area contributed by atoms with Gasteiger partial charge in [-0.3, -0.25) is 0 Å². The lowest BCUT2D eigenvalue weighted by Gasteiger charge is -2.07. The lowest BCUT2D eigenvalue weighted by atomic mass is 10.2. The van der Waals surface area contributed by atoms with E-state index < -0.39 is 11.7 Å². The predicted octanol–water partition coefficient (Wildman–Crippen LogP) is 3.35. The van der Waals surface area contributed by atoms with Gasteiger partial charge in [-0.05, 0) is 18.2 Å². The van der Waals surface area contributed by atoms with Gasteiger partial charge in [-0.1, -0.05) is 6.07 Å². The van der Waals surface area contributed by atoms with E-state index in [1.54, 1.807) is 0 Å². The summed E-state index contributed by atoms with van der Waals surface area (Å²) in [6.07, 6.45) is -3.10. The van der Waals surface area contributed by atoms with E-state index in [-0.39, 0.29) is 10.9 Å². The molecule has 0 radical (unpaired) electrons. The number of alkyl halides is 3. The molecule has 0 bridgehead atoms. The highest BCUT2D eigenvalue weighted by Crippen LogP contribution is 2.32. The summed E-state index contributed by atoms with van der Waals surface area (Å²) < 4.78 is 45.9. The maximum absolute atomic E-state index is 12.4. The van der Waals surface area contributed by atoms with E-state index in [9.17, 15) is 13.2 Å². The van der Waals surface area contributed by atoms with Crippen molar-refractivity contribution in [2.24, 2.45) is 0 Å². The average molecular weight is 246 g/mol. The maximum atomic E-state index is 12.4. The normalized spacial score (nSPS) is 11.4. The van der Waals surface area contributed by atoms with Crippen LogP contribution in [-0.2, 0) is 6.18 Å². The Balaban J connectivity index is 2.23. The van der Waals surface area contributed by atoms with E-state index in [1.807, 2.05) is 0 Å². The fraction of sp³-hybridized carbons (Fsp3) is 0.111. The number of benzene rings is 1. The van der Waals surface area contributed by atoms with Crippen LogP contribution in [0, 0.1) is 0 Å². The Bertz CT molecular complexity index is 470. The van der Waals surface area contributed by atoms with E-state index >= 15 is 0 Å². The number of ether oxygens (including phenoxy) is 1. The van der Waals surface area contributed by atoms with Crippen molar-refractivity contribution < 1.29 is 17.9 Å². The second kappa shape index (κ2) is 4.09. The van der Waals surface area contributed by atoms with Crippen LogP contribution in [0.3, 0.4) is 0 Å². The van der Waals surface area contributed by atoms with E-state index in [0.29, 0.717) is 0 Å². The Labute approximate surface area is 92.7 Å². The van der Waals surface area contributed by atoms with Gasteiger partial charge in [0.15, 0.2) is 0 Å². The first-order valence-corrected chi connectivity index (χ1v) is 4.95. The lowest BCUT2D eigenvalue weighted by molar-refractivity contribution is -0.137. The van der Waals surface area contributed by atoms with Crippen LogP contribution >= 0.6 is 11.5 Å². The Morgan fingerprint density at radius 2 is 2.06 bits per heavy atom. The largest absolute Gasteiger partial charge is 0.430 e. The van der Waals surface area contributed by atoms with Crippen LogP contribution in [0.15, 0.2) is 30.6 Å². The zero-order valence-electron chi connectivity index (χ0n) is 7.73. The van der Waals surface area contributed by atoms with Gasteiger partial charge in [-0.15, -0.1) is 0 Å². The minimum absolute atomic E-state index is 0.0894. The number of aromatic nitrogens is 2. The summed E-state index contributed by atoms with van der Waals surface area (Å²) in [5.74, 6) is 0.0894. The lowest BCUT2D eigenvalue weighted by Crippen LogP contribution is -2.04. The van der Waals surface area contributed by atoms with Crippen molar-refractivity contribution in [3.63, 3.8) is 0 Å². The number of hydrogen-bond donors (Lipinski definition) is 0. The minimum Gasteiger partial charge on any atom is -0.430 e. The highest BCUT2D eigenvalue weighted by molar-refractivity contribution is 7.07. The van der Waals surface area contributed by atoms with Gasteiger partial charge in [0.25, 0.3) is 5.19 Å². The van der Waals surface area contributed by atoms with Crippen LogP contribution < -0.4 is 4.74 Å². The molecule has 0 amide bonds. The number of nitrogens with zero attached hydrogens (tertiary/aromatic N) is 2. The third-order valence-electron chi connectivity index (χ3n) is 1.71. The molecule has 0 saturated carbocycles. The third kappa shape index (κ3) is 2.48. The van der Waals surface area contributed by atoms with Crippen molar-refractivity contribution >= 4 is 11.5 Å². The van der Waals surface area contributed by atoms with Gasteiger partial charge in [0.05, 0.1) is 5.56 Å². The zero-order chi connectivity index (χ0) is 11.6. The number of halogens is 3. The summed E-state index contributed by atoms with van der Waals surface area (Å²) in [4.78, 5) is 3.71. The van der Waals surface area contributed by atoms with Crippen LogP contribution in [0.2, 0.25) is 0 Å². The molecule has 0 saturated heterocycles. The third-order valence-corrected chi connectivity index (χ3v) is 2.25. The molecule has 7 heteroatoms. The smallest absolute Gasteiger partial charge is 0.416 e. The van der Waals surface area contributed by atoms with Crippen LogP contribution in [0.4, 0.5) is 13.2 Å². The Hall–Kier alpha value is -1.63. The van der Waals surface area contributed by atoms with Gasteiger partial charge in [-0.25, -0.2) is 0 Å². The second-order valence-corrected chi connectivity index (χ2v) is 3.58. The molecule has 0 aliphatic rings. The number of rotatable bonds is 2. The SMILES string of the molecule is FC(F)(F)c1cccc(Oc2ncns2)c1. The highest BCUT2D eigenvalue weighted by atomic mass is 32.1. The van der Waals surface area contributed by atoms with Crippen molar-refractivity contribution in [3.05, 3.63) is 36.2 Å².